The van der Waals surface area contributed by atoms with Gasteiger partial charge in [0.05, 0.1) is 11.6 Å². The first kappa shape index (κ1) is 17.3. The van der Waals surface area contributed by atoms with E-state index in [4.69, 9.17) is 16.3 Å². The zero-order valence-corrected chi connectivity index (χ0v) is 14.6. The van der Waals surface area contributed by atoms with Crippen molar-refractivity contribution in [3.05, 3.63) is 27.7 Å². The summed E-state index contributed by atoms with van der Waals surface area (Å²) in [6.45, 7) is 8.16. The standard InChI is InChI=1S/C15H21BrClNO2/c1-5-10(3)15(4,14(19)20-6-2)18-11-7-8-13(17)12(16)9-11/h7-10,18H,5-6H2,1-4H3. The number of benzene rings is 1. The van der Waals surface area contributed by atoms with Crippen molar-refractivity contribution in [2.45, 2.75) is 39.7 Å². The van der Waals surface area contributed by atoms with Crippen LogP contribution >= 0.6 is 27.5 Å². The third-order valence-corrected chi connectivity index (χ3v) is 4.83. The van der Waals surface area contributed by atoms with Gasteiger partial charge in [-0.15, -0.1) is 0 Å². The van der Waals surface area contributed by atoms with Crippen molar-refractivity contribution in [1.29, 1.82) is 0 Å². The fourth-order valence-electron chi connectivity index (χ4n) is 1.94. The van der Waals surface area contributed by atoms with E-state index in [1.807, 2.05) is 32.9 Å². The molecule has 0 aliphatic rings. The van der Waals surface area contributed by atoms with E-state index in [1.54, 1.807) is 6.07 Å². The molecule has 5 heteroatoms. The number of hydrogen-bond acceptors (Lipinski definition) is 3. The lowest BCUT2D eigenvalue weighted by Crippen LogP contribution is -2.50. The van der Waals surface area contributed by atoms with Gasteiger partial charge in [-0.25, -0.2) is 4.79 Å². The van der Waals surface area contributed by atoms with Gasteiger partial charge in [0.15, 0.2) is 0 Å². The Morgan fingerprint density at radius 2 is 2.15 bits per heavy atom. The largest absolute Gasteiger partial charge is 0.464 e. The fourth-order valence-corrected chi connectivity index (χ4v) is 2.43. The molecule has 0 amide bonds. The summed E-state index contributed by atoms with van der Waals surface area (Å²) in [4.78, 5) is 12.3. The number of esters is 1. The van der Waals surface area contributed by atoms with Crippen molar-refractivity contribution in [3.8, 4) is 0 Å². The number of ether oxygens (including phenoxy) is 1. The lowest BCUT2D eigenvalue weighted by atomic mass is 9.84. The molecule has 2 atom stereocenters. The summed E-state index contributed by atoms with van der Waals surface area (Å²) in [6.07, 6.45) is 0.872. The van der Waals surface area contributed by atoms with Gasteiger partial charge in [0.25, 0.3) is 0 Å². The quantitative estimate of drug-likeness (QED) is 0.733. The van der Waals surface area contributed by atoms with Crippen LogP contribution in [0.4, 0.5) is 5.69 Å². The average molecular weight is 363 g/mol. The Bertz CT molecular complexity index is 481. The van der Waals surface area contributed by atoms with Crippen LogP contribution in [-0.4, -0.2) is 18.1 Å². The molecule has 1 aromatic rings. The minimum absolute atomic E-state index is 0.135. The van der Waals surface area contributed by atoms with Gasteiger partial charge in [0, 0.05) is 10.2 Å². The molecule has 0 heterocycles. The Morgan fingerprint density at radius 3 is 2.65 bits per heavy atom. The summed E-state index contributed by atoms with van der Waals surface area (Å²) in [5.41, 5.74) is 0.0648. The predicted octanol–water partition coefficient (Wildman–Crippen LogP) is 4.88. The first-order valence-corrected chi connectivity index (χ1v) is 7.92. The van der Waals surface area contributed by atoms with Gasteiger partial charge in [-0.1, -0.05) is 31.9 Å². The SMILES string of the molecule is CCOC(=O)C(C)(Nc1ccc(Cl)c(Br)c1)C(C)CC. The Balaban J connectivity index is 3.05. The molecule has 0 saturated carbocycles. The third-order valence-electron chi connectivity index (χ3n) is 3.62. The van der Waals surface area contributed by atoms with E-state index in [2.05, 4.69) is 28.2 Å². The first-order chi connectivity index (χ1) is 9.35. The number of halogens is 2. The van der Waals surface area contributed by atoms with Crippen LogP contribution in [0.5, 0.6) is 0 Å². The smallest absolute Gasteiger partial charge is 0.331 e. The summed E-state index contributed by atoms with van der Waals surface area (Å²) in [6, 6.07) is 5.51. The normalized spacial score (nSPS) is 15.3. The van der Waals surface area contributed by atoms with Crippen molar-refractivity contribution >= 4 is 39.2 Å². The highest BCUT2D eigenvalue weighted by Crippen LogP contribution is 2.31. The molecule has 0 aromatic heterocycles. The molecule has 0 aliphatic carbocycles. The van der Waals surface area contributed by atoms with Crippen molar-refractivity contribution in [2.24, 2.45) is 5.92 Å². The van der Waals surface area contributed by atoms with Gasteiger partial charge in [0.1, 0.15) is 5.54 Å². The summed E-state index contributed by atoms with van der Waals surface area (Å²) in [5.74, 6) is -0.101. The van der Waals surface area contributed by atoms with E-state index in [0.717, 1.165) is 16.6 Å². The zero-order chi connectivity index (χ0) is 15.3. The molecule has 0 saturated heterocycles. The van der Waals surface area contributed by atoms with Crippen LogP contribution in [0.1, 0.15) is 34.1 Å². The number of hydrogen-bond donors (Lipinski definition) is 1. The topological polar surface area (TPSA) is 38.3 Å². The molecule has 1 N–H and O–H groups in total. The van der Waals surface area contributed by atoms with Crippen LogP contribution in [0, 0.1) is 5.92 Å². The molecule has 1 rings (SSSR count). The summed E-state index contributed by atoms with van der Waals surface area (Å²) >= 11 is 9.38. The van der Waals surface area contributed by atoms with Crippen LogP contribution in [-0.2, 0) is 9.53 Å². The number of anilines is 1. The molecule has 0 aliphatic heterocycles. The molecule has 2 unspecified atom stereocenters. The first-order valence-electron chi connectivity index (χ1n) is 6.75. The van der Waals surface area contributed by atoms with Crippen molar-refractivity contribution in [2.75, 3.05) is 11.9 Å². The van der Waals surface area contributed by atoms with E-state index >= 15 is 0 Å². The molecule has 0 fully saturated rings. The molecule has 0 radical (unpaired) electrons. The molecule has 3 nitrogen and oxygen atoms in total. The second-order valence-corrected chi connectivity index (χ2v) is 6.25. The molecule has 20 heavy (non-hydrogen) atoms. The zero-order valence-electron chi connectivity index (χ0n) is 12.3. The van der Waals surface area contributed by atoms with Crippen molar-refractivity contribution < 1.29 is 9.53 Å². The number of nitrogens with one attached hydrogen (secondary N) is 1. The van der Waals surface area contributed by atoms with Crippen molar-refractivity contribution in [3.63, 3.8) is 0 Å². The van der Waals surface area contributed by atoms with Gasteiger partial charge in [-0.05, 0) is 53.9 Å². The Kier molecular flexibility index (Phi) is 6.34. The van der Waals surface area contributed by atoms with Gasteiger partial charge in [-0.2, -0.15) is 0 Å². The Labute approximate surface area is 134 Å². The van der Waals surface area contributed by atoms with Crippen molar-refractivity contribution in [1.82, 2.24) is 0 Å². The molecular formula is C15H21BrClNO2. The van der Waals surface area contributed by atoms with E-state index in [0.29, 0.717) is 11.6 Å². The van der Waals surface area contributed by atoms with Crippen LogP contribution < -0.4 is 5.32 Å². The highest BCUT2D eigenvalue weighted by Gasteiger charge is 2.39. The average Bonchev–Trinajstić information content (AvgIpc) is 2.42. The minimum atomic E-state index is -0.766. The van der Waals surface area contributed by atoms with Gasteiger partial charge >= 0.3 is 5.97 Å². The van der Waals surface area contributed by atoms with Gasteiger partial charge in [-0.3, -0.25) is 0 Å². The lowest BCUT2D eigenvalue weighted by molar-refractivity contribution is -0.149. The van der Waals surface area contributed by atoms with Crippen LogP contribution in [0.3, 0.4) is 0 Å². The fraction of sp³-hybridized carbons (Fsp3) is 0.533. The van der Waals surface area contributed by atoms with E-state index in [9.17, 15) is 4.79 Å². The number of carbonyl (C=O) groups is 1. The third kappa shape index (κ3) is 3.89. The van der Waals surface area contributed by atoms with E-state index in [-0.39, 0.29) is 11.9 Å². The van der Waals surface area contributed by atoms with E-state index in [1.165, 1.54) is 0 Å². The Morgan fingerprint density at radius 1 is 1.50 bits per heavy atom. The minimum Gasteiger partial charge on any atom is -0.464 e. The molecule has 0 spiro atoms. The second-order valence-electron chi connectivity index (χ2n) is 4.99. The lowest BCUT2D eigenvalue weighted by Gasteiger charge is -2.34. The molecule has 1 aromatic carbocycles. The summed E-state index contributed by atoms with van der Waals surface area (Å²) in [5, 5.41) is 3.93. The molecular weight excluding hydrogens is 342 g/mol. The number of rotatable bonds is 6. The highest BCUT2D eigenvalue weighted by molar-refractivity contribution is 9.10. The summed E-state index contributed by atoms with van der Waals surface area (Å²) < 4.78 is 6.01. The second kappa shape index (κ2) is 7.32. The Hall–Kier alpha value is -0.740. The number of carbonyl (C=O) groups excluding carboxylic acids is 1. The van der Waals surface area contributed by atoms with Crippen LogP contribution in [0.15, 0.2) is 22.7 Å². The molecule has 112 valence electrons. The maximum Gasteiger partial charge on any atom is 0.331 e. The van der Waals surface area contributed by atoms with Gasteiger partial charge < -0.3 is 10.1 Å². The maximum absolute atomic E-state index is 12.3. The van der Waals surface area contributed by atoms with Crippen LogP contribution in [0.25, 0.3) is 0 Å². The summed E-state index contributed by atoms with van der Waals surface area (Å²) in [7, 11) is 0. The molecule has 0 bridgehead atoms. The predicted molar refractivity (Wildman–Crippen MR) is 87.3 cm³/mol. The van der Waals surface area contributed by atoms with Gasteiger partial charge in [0.2, 0.25) is 0 Å². The monoisotopic (exact) mass is 361 g/mol. The maximum atomic E-state index is 12.3. The van der Waals surface area contributed by atoms with E-state index < -0.39 is 5.54 Å². The highest BCUT2D eigenvalue weighted by atomic mass is 79.9. The van der Waals surface area contributed by atoms with Crippen LogP contribution in [0.2, 0.25) is 5.02 Å².